The molecule has 0 radical (unpaired) electrons. The van der Waals surface area contributed by atoms with Gasteiger partial charge < -0.3 is 5.11 Å². The van der Waals surface area contributed by atoms with Crippen molar-refractivity contribution in [3.63, 3.8) is 0 Å². The van der Waals surface area contributed by atoms with Crippen LogP contribution in [0.25, 0.3) is 0 Å². The van der Waals surface area contributed by atoms with E-state index in [1.165, 1.54) is 0 Å². The van der Waals surface area contributed by atoms with Gasteiger partial charge in [0, 0.05) is 18.3 Å². The Morgan fingerprint density at radius 1 is 1.60 bits per heavy atom. The molecule has 2 fully saturated rings. The van der Waals surface area contributed by atoms with Crippen LogP contribution in [0.1, 0.15) is 39.5 Å². The van der Waals surface area contributed by atoms with Gasteiger partial charge in [-0.15, -0.1) is 6.58 Å². The lowest BCUT2D eigenvalue weighted by atomic mass is 9.70. The molecule has 1 N–H and O–H groups in total. The maximum atomic E-state index is 11.7. The minimum Gasteiger partial charge on any atom is -0.392 e. The molecule has 3 atom stereocenters. The van der Waals surface area contributed by atoms with E-state index < -0.39 is 0 Å². The second-order valence-corrected chi connectivity index (χ2v) is 5.99. The van der Waals surface area contributed by atoms with Crippen molar-refractivity contribution in [1.29, 1.82) is 0 Å². The Labute approximate surface area is 91.4 Å². The highest BCUT2D eigenvalue weighted by Gasteiger charge is 2.59. The zero-order valence-corrected chi connectivity index (χ0v) is 9.62. The van der Waals surface area contributed by atoms with Crippen LogP contribution in [0, 0.1) is 16.7 Å². The van der Waals surface area contributed by atoms with Crippen molar-refractivity contribution in [2.24, 2.45) is 16.7 Å². The van der Waals surface area contributed by atoms with E-state index in [4.69, 9.17) is 0 Å². The number of aliphatic hydroxyl groups excluding tert-OH is 1. The number of allylic oxidation sites excluding steroid dienone is 1. The highest BCUT2D eigenvalue weighted by atomic mass is 16.3. The van der Waals surface area contributed by atoms with Gasteiger partial charge in [0.1, 0.15) is 5.78 Å². The SMILES string of the molecule is C=CC[C@@]12CC(=O)C[C@@H]([C@@H]1O)C(C)(C)C2. The predicted octanol–water partition coefficient (Wildman–Crippen LogP) is 2.32. The summed E-state index contributed by atoms with van der Waals surface area (Å²) in [6.07, 6.45) is 4.35. The lowest BCUT2D eigenvalue weighted by Gasteiger charge is -2.36. The molecule has 0 aromatic heterocycles. The summed E-state index contributed by atoms with van der Waals surface area (Å²) in [6, 6.07) is 0. The van der Waals surface area contributed by atoms with Gasteiger partial charge >= 0.3 is 0 Å². The van der Waals surface area contributed by atoms with Crippen molar-refractivity contribution in [3.8, 4) is 0 Å². The first kappa shape index (κ1) is 10.9. The molecule has 0 aromatic rings. The van der Waals surface area contributed by atoms with Gasteiger partial charge in [-0.25, -0.2) is 0 Å². The Hall–Kier alpha value is -0.630. The number of carbonyl (C=O) groups excluding carboxylic acids is 1. The van der Waals surface area contributed by atoms with E-state index in [1.807, 2.05) is 6.08 Å². The molecule has 0 aliphatic heterocycles. The topological polar surface area (TPSA) is 37.3 Å². The zero-order chi connectivity index (χ0) is 11.3. The van der Waals surface area contributed by atoms with Crippen LogP contribution in [0.3, 0.4) is 0 Å². The van der Waals surface area contributed by atoms with E-state index in [-0.39, 0.29) is 22.9 Å². The second kappa shape index (κ2) is 3.18. The molecule has 15 heavy (non-hydrogen) atoms. The summed E-state index contributed by atoms with van der Waals surface area (Å²) in [5, 5.41) is 10.3. The van der Waals surface area contributed by atoms with Gasteiger partial charge in [0.2, 0.25) is 0 Å². The minimum absolute atomic E-state index is 0.0919. The number of rotatable bonds is 2. The van der Waals surface area contributed by atoms with E-state index in [0.717, 1.165) is 12.8 Å². The number of hydrogen-bond acceptors (Lipinski definition) is 2. The third kappa shape index (κ3) is 1.46. The van der Waals surface area contributed by atoms with Crippen LogP contribution in [0.2, 0.25) is 0 Å². The van der Waals surface area contributed by atoms with Gasteiger partial charge in [-0.05, 0) is 24.2 Å². The lowest BCUT2D eigenvalue weighted by molar-refractivity contribution is -0.130. The molecule has 2 aliphatic rings. The van der Waals surface area contributed by atoms with Gasteiger partial charge in [-0.1, -0.05) is 19.9 Å². The normalized spacial score (nSPS) is 43.0. The second-order valence-electron chi connectivity index (χ2n) is 5.99. The molecule has 84 valence electrons. The smallest absolute Gasteiger partial charge is 0.133 e. The molecular weight excluding hydrogens is 188 g/mol. The summed E-state index contributed by atoms with van der Waals surface area (Å²) in [6.45, 7) is 8.09. The van der Waals surface area contributed by atoms with Gasteiger partial charge in [0.25, 0.3) is 0 Å². The summed E-state index contributed by atoms with van der Waals surface area (Å²) in [5.74, 6) is 0.469. The summed E-state index contributed by atoms with van der Waals surface area (Å²) < 4.78 is 0. The molecule has 0 spiro atoms. The summed E-state index contributed by atoms with van der Waals surface area (Å²) in [7, 11) is 0. The van der Waals surface area contributed by atoms with Crippen molar-refractivity contribution in [3.05, 3.63) is 12.7 Å². The van der Waals surface area contributed by atoms with Crippen LogP contribution in [-0.2, 0) is 4.79 Å². The maximum Gasteiger partial charge on any atom is 0.133 e. The van der Waals surface area contributed by atoms with Crippen molar-refractivity contribution in [2.45, 2.75) is 45.6 Å². The van der Waals surface area contributed by atoms with Gasteiger partial charge in [-0.2, -0.15) is 0 Å². The zero-order valence-electron chi connectivity index (χ0n) is 9.62. The molecule has 2 rings (SSSR count). The largest absolute Gasteiger partial charge is 0.392 e. The van der Waals surface area contributed by atoms with Gasteiger partial charge in [0.05, 0.1) is 6.10 Å². The summed E-state index contributed by atoms with van der Waals surface area (Å²) in [5.41, 5.74) is -0.111. The first-order valence-electron chi connectivity index (χ1n) is 5.72. The molecule has 0 unspecified atom stereocenters. The van der Waals surface area contributed by atoms with E-state index in [0.29, 0.717) is 18.6 Å². The lowest BCUT2D eigenvalue weighted by Crippen LogP contribution is -2.41. The number of aliphatic hydroxyl groups is 1. The molecular formula is C13H20O2. The fourth-order valence-electron chi connectivity index (χ4n) is 3.81. The maximum absolute atomic E-state index is 11.7. The van der Waals surface area contributed by atoms with Crippen LogP contribution in [0.5, 0.6) is 0 Å². The van der Waals surface area contributed by atoms with Crippen molar-refractivity contribution < 1.29 is 9.90 Å². The monoisotopic (exact) mass is 208 g/mol. The Bertz CT molecular complexity index is 306. The van der Waals surface area contributed by atoms with E-state index >= 15 is 0 Å². The van der Waals surface area contributed by atoms with Crippen LogP contribution >= 0.6 is 0 Å². The highest BCUT2D eigenvalue weighted by Crippen LogP contribution is 2.60. The first-order valence-corrected chi connectivity index (χ1v) is 5.72. The molecule has 0 heterocycles. The third-order valence-electron chi connectivity index (χ3n) is 4.37. The first-order chi connectivity index (χ1) is 6.91. The fraction of sp³-hybridized carbons (Fsp3) is 0.769. The number of carbonyl (C=O) groups is 1. The van der Waals surface area contributed by atoms with E-state index in [9.17, 15) is 9.90 Å². The highest BCUT2D eigenvalue weighted by molar-refractivity contribution is 5.81. The number of Topliss-reactive ketones (excluding diaryl/α,β-unsaturated/α-hetero) is 1. The molecule has 2 nitrogen and oxygen atoms in total. The van der Waals surface area contributed by atoms with Gasteiger partial charge in [0.15, 0.2) is 0 Å². The predicted molar refractivity (Wildman–Crippen MR) is 59.4 cm³/mol. The molecule has 2 heteroatoms. The Morgan fingerprint density at radius 3 is 2.87 bits per heavy atom. The average Bonchev–Trinajstić information content (AvgIpc) is 2.24. The summed E-state index contributed by atoms with van der Waals surface area (Å²) >= 11 is 0. The quantitative estimate of drug-likeness (QED) is 0.707. The van der Waals surface area contributed by atoms with E-state index in [2.05, 4.69) is 20.4 Å². The standard InChI is InChI=1S/C13H20O2/c1-4-5-13-7-9(14)6-10(11(13)15)12(2,3)8-13/h4,10-11,15H,1,5-8H2,2-3H3/t10-,11-,13-/m0/s1. The van der Waals surface area contributed by atoms with Gasteiger partial charge in [-0.3, -0.25) is 4.79 Å². The molecule has 0 saturated heterocycles. The van der Waals surface area contributed by atoms with E-state index in [1.54, 1.807) is 0 Å². The summed E-state index contributed by atoms with van der Waals surface area (Å²) in [4.78, 5) is 11.7. The van der Waals surface area contributed by atoms with Crippen LogP contribution in [-0.4, -0.2) is 17.0 Å². The Kier molecular flexibility index (Phi) is 2.30. The minimum atomic E-state index is -0.316. The molecule has 2 aliphatic carbocycles. The Balaban J connectivity index is 2.37. The van der Waals surface area contributed by atoms with Crippen LogP contribution in [0.15, 0.2) is 12.7 Å². The molecule has 0 amide bonds. The average molecular weight is 208 g/mol. The Morgan fingerprint density at radius 2 is 2.27 bits per heavy atom. The molecule has 2 saturated carbocycles. The van der Waals surface area contributed by atoms with Crippen molar-refractivity contribution in [1.82, 2.24) is 0 Å². The van der Waals surface area contributed by atoms with Crippen LogP contribution in [0.4, 0.5) is 0 Å². The van der Waals surface area contributed by atoms with Crippen molar-refractivity contribution >= 4 is 5.78 Å². The molecule has 0 aromatic carbocycles. The van der Waals surface area contributed by atoms with Crippen molar-refractivity contribution in [2.75, 3.05) is 0 Å². The number of fused-ring (bicyclic) bond motifs is 2. The third-order valence-corrected chi connectivity index (χ3v) is 4.37. The number of hydrogen-bond donors (Lipinski definition) is 1. The fourth-order valence-corrected chi connectivity index (χ4v) is 3.81. The number of ketones is 1. The molecule has 2 bridgehead atoms. The van der Waals surface area contributed by atoms with Crippen LogP contribution < -0.4 is 0 Å².